The molecule has 0 saturated heterocycles. The summed E-state index contributed by atoms with van der Waals surface area (Å²) < 4.78 is 0. The second-order valence-corrected chi connectivity index (χ2v) is 4.97. The Kier molecular flexibility index (Phi) is 4.12. The zero-order chi connectivity index (χ0) is 12.1. The highest BCUT2D eigenvalue weighted by atomic mass is 32.1. The van der Waals surface area contributed by atoms with Crippen molar-refractivity contribution < 1.29 is 5.11 Å². The van der Waals surface area contributed by atoms with Crippen LogP contribution in [0.5, 0.6) is 5.75 Å². The van der Waals surface area contributed by atoms with Gasteiger partial charge in [-0.1, -0.05) is 6.92 Å². The normalized spacial score (nSPS) is 10.6. The van der Waals surface area contributed by atoms with Crippen LogP contribution >= 0.6 is 11.3 Å². The fourth-order valence-electron chi connectivity index (χ4n) is 1.52. The molecule has 17 heavy (non-hydrogen) atoms. The molecule has 0 aliphatic heterocycles. The summed E-state index contributed by atoms with van der Waals surface area (Å²) in [6.45, 7) is 4.07. The van der Waals surface area contributed by atoms with Crippen LogP contribution in [0.1, 0.15) is 18.2 Å². The van der Waals surface area contributed by atoms with Crippen molar-refractivity contribution >= 4 is 11.3 Å². The first kappa shape index (κ1) is 12.1. The molecule has 3 nitrogen and oxygen atoms in total. The number of phenolic OH excluding ortho intramolecular Hbond substituents is 1. The number of rotatable bonds is 5. The van der Waals surface area contributed by atoms with Crippen molar-refractivity contribution in [3.8, 4) is 16.3 Å². The highest BCUT2D eigenvalue weighted by Gasteiger charge is 2.04. The zero-order valence-electron chi connectivity index (χ0n) is 9.81. The summed E-state index contributed by atoms with van der Waals surface area (Å²) in [6, 6.07) is 7.15. The van der Waals surface area contributed by atoms with Gasteiger partial charge in [-0.05, 0) is 37.2 Å². The van der Waals surface area contributed by atoms with Gasteiger partial charge in [0.2, 0.25) is 0 Å². The van der Waals surface area contributed by atoms with Crippen LogP contribution in [0.3, 0.4) is 0 Å². The van der Waals surface area contributed by atoms with E-state index in [0.717, 1.165) is 30.1 Å². The summed E-state index contributed by atoms with van der Waals surface area (Å²) in [7, 11) is 0. The maximum absolute atomic E-state index is 9.23. The minimum Gasteiger partial charge on any atom is -0.508 e. The van der Waals surface area contributed by atoms with Gasteiger partial charge in [0.1, 0.15) is 10.8 Å². The largest absolute Gasteiger partial charge is 0.508 e. The fourth-order valence-corrected chi connectivity index (χ4v) is 2.40. The quantitative estimate of drug-likeness (QED) is 0.799. The lowest BCUT2D eigenvalue weighted by Crippen LogP contribution is -2.12. The Labute approximate surface area is 105 Å². The van der Waals surface area contributed by atoms with Crippen molar-refractivity contribution in [1.29, 1.82) is 0 Å². The summed E-state index contributed by atoms with van der Waals surface area (Å²) in [5.74, 6) is 0.287. The van der Waals surface area contributed by atoms with Crippen molar-refractivity contribution in [2.24, 2.45) is 0 Å². The molecule has 0 aliphatic carbocycles. The van der Waals surface area contributed by atoms with Gasteiger partial charge in [0, 0.05) is 23.2 Å². The maximum atomic E-state index is 9.23. The van der Waals surface area contributed by atoms with Crippen LogP contribution in [-0.2, 0) is 6.54 Å². The number of thiazole rings is 1. The number of phenols is 1. The Balaban J connectivity index is 2.04. The first-order valence-electron chi connectivity index (χ1n) is 5.74. The molecule has 0 spiro atoms. The molecule has 2 rings (SSSR count). The molecule has 2 aromatic rings. The van der Waals surface area contributed by atoms with Crippen LogP contribution < -0.4 is 5.32 Å². The topological polar surface area (TPSA) is 45.2 Å². The van der Waals surface area contributed by atoms with E-state index in [1.807, 2.05) is 18.3 Å². The average Bonchev–Trinajstić information content (AvgIpc) is 2.79. The molecular formula is C13H16N2OS. The van der Waals surface area contributed by atoms with E-state index in [1.165, 1.54) is 4.88 Å². The number of benzene rings is 1. The molecule has 0 amide bonds. The fraction of sp³-hybridized carbons (Fsp3) is 0.308. The van der Waals surface area contributed by atoms with Gasteiger partial charge in [0.15, 0.2) is 0 Å². The second kappa shape index (κ2) is 5.80. The molecule has 1 aromatic carbocycles. The number of nitrogens with zero attached hydrogens (tertiary/aromatic N) is 1. The lowest BCUT2D eigenvalue weighted by atomic mass is 10.2. The molecule has 0 aliphatic rings. The van der Waals surface area contributed by atoms with Crippen molar-refractivity contribution in [3.05, 3.63) is 35.3 Å². The van der Waals surface area contributed by atoms with Crippen molar-refractivity contribution in [1.82, 2.24) is 10.3 Å². The van der Waals surface area contributed by atoms with Gasteiger partial charge < -0.3 is 10.4 Å². The first-order chi connectivity index (χ1) is 8.29. The molecule has 1 heterocycles. The minimum absolute atomic E-state index is 0.287. The molecule has 4 heteroatoms. The Hall–Kier alpha value is -1.39. The monoisotopic (exact) mass is 248 g/mol. The minimum atomic E-state index is 0.287. The molecule has 0 atom stereocenters. The standard InChI is InChI=1S/C13H16N2OS/c1-2-7-14-8-12-9-15-13(17-12)10-3-5-11(16)6-4-10/h3-6,9,14,16H,2,7-8H2,1H3. The van der Waals surface area contributed by atoms with Crippen LogP contribution in [0.15, 0.2) is 30.5 Å². The summed E-state index contributed by atoms with van der Waals surface area (Å²) in [6.07, 6.45) is 3.05. The van der Waals surface area contributed by atoms with Gasteiger partial charge in [0.25, 0.3) is 0 Å². The van der Waals surface area contributed by atoms with Gasteiger partial charge in [-0.2, -0.15) is 0 Å². The van der Waals surface area contributed by atoms with E-state index in [9.17, 15) is 5.11 Å². The SMILES string of the molecule is CCCNCc1cnc(-c2ccc(O)cc2)s1. The molecule has 2 N–H and O–H groups in total. The van der Waals surface area contributed by atoms with Crippen LogP contribution in [0, 0.1) is 0 Å². The van der Waals surface area contributed by atoms with Gasteiger partial charge in [-0.25, -0.2) is 4.98 Å². The highest BCUT2D eigenvalue weighted by Crippen LogP contribution is 2.26. The lowest BCUT2D eigenvalue weighted by molar-refractivity contribution is 0.475. The number of nitrogens with one attached hydrogen (secondary N) is 1. The maximum Gasteiger partial charge on any atom is 0.123 e. The predicted molar refractivity (Wildman–Crippen MR) is 71.2 cm³/mol. The van der Waals surface area contributed by atoms with Crippen molar-refractivity contribution in [2.75, 3.05) is 6.54 Å². The molecule has 1 aromatic heterocycles. The van der Waals surface area contributed by atoms with Crippen LogP contribution in [0.4, 0.5) is 0 Å². The third-order valence-corrected chi connectivity index (χ3v) is 3.44. The smallest absolute Gasteiger partial charge is 0.123 e. The lowest BCUT2D eigenvalue weighted by Gasteiger charge is -1.98. The second-order valence-electron chi connectivity index (χ2n) is 3.86. The van der Waals surface area contributed by atoms with Crippen molar-refractivity contribution in [3.63, 3.8) is 0 Å². The van der Waals surface area contributed by atoms with Crippen LogP contribution in [-0.4, -0.2) is 16.6 Å². The van der Waals surface area contributed by atoms with E-state index in [2.05, 4.69) is 17.2 Å². The third-order valence-electron chi connectivity index (χ3n) is 2.39. The van der Waals surface area contributed by atoms with Gasteiger partial charge >= 0.3 is 0 Å². The van der Waals surface area contributed by atoms with Crippen molar-refractivity contribution in [2.45, 2.75) is 19.9 Å². The van der Waals surface area contributed by atoms with Gasteiger partial charge in [0.05, 0.1) is 0 Å². The molecule has 0 unspecified atom stereocenters. The Morgan fingerprint density at radius 1 is 1.29 bits per heavy atom. The Bertz CT molecular complexity index is 465. The summed E-state index contributed by atoms with van der Waals surface area (Å²) in [5.41, 5.74) is 1.05. The first-order valence-corrected chi connectivity index (χ1v) is 6.56. The molecule has 90 valence electrons. The van der Waals surface area contributed by atoms with Crippen LogP contribution in [0.2, 0.25) is 0 Å². The van der Waals surface area contributed by atoms with E-state index in [1.54, 1.807) is 23.5 Å². The zero-order valence-corrected chi connectivity index (χ0v) is 10.6. The Morgan fingerprint density at radius 3 is 2.76 bits per heavy atom. The molecule has 0 bridgehead atoms. The van der Waals surface area contributed by atoms with E-state index in [-0.39, 0.29) is 5.75 Å². The van der Waals surface area contributed by atoms with E-state index >= 15 is 0 Å². The molecule has 0 fully saturated rings. The molecular weight excluding hydrogens is 232 g/mol. The molecule has 0 saturated carbocycles. The number of hydrogen-bond acceptors (Lipinski definition) is 4. The van der Waals surface area contributed by atoms with E-state index in [0.29, 0.717) is 0 Å². The Morgan fingerprint density at radius 2 is 2.06 bits per heavy atom. The van der Waals surface area contributed by atoms with Crippen LogP contribution in [0.25, 0.3) is 10.6 Å². The van der Waals surface area contributed by atoms with E-state index in [4.69, 9.17) is 0 Å². The summed E-state index contributed by atoms with van der Waals surface area (Å²) in [4.78, 5) is 5.63. The highest BCUT2D eigenvalue weighted by molar-refractivity contribution is 7.15. The number of hydrogen-bond donors (Lipinski definition) is 2. The number of aromatic hydroxyl groups is 1. The van der Waals surface area contributed by atoms with Gasteiger partial charge in [-0.15, -0.1) is 11.3 Å². The number of aromatic nitrogens is 1. The van der Waals surface area contributed by atoms with Gasteiger partial charge in [-0.3, -0.25) is 0 Å². The summed E-state index contributed by atoms with van der Waals surface area (Å²) >= 11 is 1.69. The average molecular weight is 248 g/mol. The summed E-state index contributed by atoms with van der Waals surface area (Å²) in [5, 5.41) is 13.6. The molecule has 0 radical (unpaired) electrons. The third kappa shape index (κ3) is 3.28. The van der Waals surface area contributed by atoms with E-state index < -0.39 is 0 Å². The predicted octanol–water partition coefficient (Wildman–Crippen LogP) is 3.02.